The Hall–Kier alpha value is -1.30. The van der Waals surface area contributed by atoms with E-state index in [0.717, 1.165) is 51.5 Å². The van der Waals surface area contributed by atoms with Gasteiger partial charge in [0.05, 0.1) is 0 Å². The zero-order chi connectivity index (χ0) is 17.4. The molecule has 2 aliphatic rings. The molecule has 0 aromatic heterocycles. The van der Waals surface area contributed by atoms with Crippen molar-refractivity contribution in [3.8, 4) is 0 Å². The zero-order valence-corrected chi connectivity index (χ0v) is 15.4. The summed E-state index contributed by atoms with van der Waals surface area (Å²) in [5, 5.41) is 3.61. The van der Waals surface area contributed by atoms with E-state index in [9.17, 15) is 4.79 Å². The number of hydrogen-bond donors (Lipinski definition) is 2. The molecule has 0 bridgehead atoms. The molecule has 3 N–H and O–H groups in total. The second kappa shape index (κ2) is 9.25. The van der Waals surface area contributed by atoms with Gasteiger partial charge in [-0.15, -0.1) is 0 Å². The Kier molecular flexibility index (Phi) is 7.34. The average molecular weight is 338 g/mol. The molecule has 1 amide bonds. The predicted octanol–water partition coefficient (Wildman–Crippen LogP) is 1.75. The van der Waals surface area contributed by atoms with Crippen LogP contribution in [0.4, 0.5) is 0 Å². The van der Waals surface area contributed by atoms with E-state index in [0.29, 0.717) is 17.8 Å². The Bertz CT molecular complexity index is 433. The van der Waals surface area contributed by atoms with E-state index in [-0.39, 0.29) is 5.91 Å². The summed E-state index contributed by atoms with van der Waals surface area (Å²) >= 11 is 0. The molecule has 1 aliphatic heterocycles. The number of amides is 1. The molecule has 0 aromatic carbocycles. The van der Waals surface area contributed by atoms with Gasteiger partial charge in [-0.05, 0) is 43.4 Å². The normalized spacial score (nSPS) is 24.2. The molecular weight excluding hydrogens is 304 g/mol. The minimum Gasteiger partial charge on any atom is -0.385 e. The summed E-state index contributed by atoms with van der Waals surface area (Å²) in [5.74, 6) is 1.12. The number of carbonyl (C=O) groups is 1. The van der Waals surface area contributed by atoms with E-state index in [1.54, 1.807) is 7.11 Å². The lowest BCUT2D eigenvalue weighted by atomic mass is 9.83. The van der Waals surface area contributed by atoms with Crippen LogP contribution in [0.1, 0.15) is 51.4 Å². The highest BCUT2D eigenvalue weighted by Gasteiger charge is 2.34. The monoisotopic (exact) mass is 338 g/mol. The molecule has 0 spiro atoms. The van der Waals surface area contributed by atoms with Gasteiger partial charge in [-0.25, -0.2) is 0 Å². The summed E-state index contributed by atoms with van der Waals surface area (Å²) in [4.78, 5) is 18.0. The Morgan fingerprint density at radius 2 is 2.12 bits per heavy atom. The third kappa shape index (κ3) is 5.36. The summed E-state index contributed by atoms with van der Waals surface area (Å²) in [7, 11) is 3.62. The maximum absolute atomic E-state index is 11.2. The number of likely N-dealkylation sites (tertiary alicyclic amines) is 1. The van der Waals surface area contributed by atoms with Crippen molar-refractivity contribution in [1.29, 1.82) is 0 Å². The molecule has 6 heteroatoms. The van der Waals surface area contributed by atoms with Crippen LogP contribution in [0.2, 0.25) is 0 Å². The third-order valence-electron chi connectivity index (χ3n) is 5.64. The number of methoxy groups -OCH3 is 1. The Balaban J connectivity index is 1.90. The van der Waals surface area contributed by atoms with Gasteiger partial charge in [0, 0.05) is 46.8 Å². The third-order valence-corrected chi connectivity index (χ3v) is 5.64. The molecule has 0 aromatic rings. The first kappa shape index (κ1) is 19.0. The molecule has 1 saturated carbocycles. The first-order valence-electron chi connectivity index (χ1n) is 9.31. The van der Waals surface area contributed by atoms with Gasteiger partial charge in [-0.1, -0.05) is 12.8 Å². The van der Waals surface area contributed by atoms with Gasteiger partial charge in [0.25, 0.3) is 0 Å². The molecule has 138 valence electrons. The number of aliphatic imine (C=N–C) groups is 1. The van der Waals surface area contributed by atoms with E-state index in [4.69, 9.17) is 10.5 Å². The van der Waals surface area contributed by atoms with E-state index < -0.39 is 0 Å². The topological polar surface area (TPSA) is 80.0 Å². The van der Waals surface area contributed by atoms with Crippen LogP contribution in [0.15, 0.2) is 4.99 Å². The number of hydrogen-bond acceptors (Lipinski definition) is 3. The van der Waals surface area contributed by atoms with Crippen LogP contribution in [-0.4, -0.2) is 57.2 Å². The molecule has 24 heavy (non-hydrogen) atoms. The number of nitrogens with one attached hydrogen (secondary N) is 1. The smallest absolute Gasteiger partial charge is 0.217 e. The SMILES string of the molecule is CN=C(NCC1(CCOC)CCCC1)N1CCCC(CC(N)=O)C1. The lowest BCUT2D eigenvalue weighted by molar-refractivity contribution is -0.119. The van der Waals surface area contributed by atoms with Crippen LogP contribution >= 0.6 is 0 Å². The van der Waals surface area contributed by atoms with Crippen LogP contribution in [-0.2, 0) is 9.53 Å². The van der Waals surface area contributed by atoms with Gasteiger partial charge < -0.3 is 20.7 Å². The molecule has 1 unspecified atom stereocenters. The number of nitrogens with two attached hydrogens (primary N) is 1. The first-order chi connectivity index (χ1) is 11.6. The van der Waals surface area contributed by atoms with E-state index in [1.807, 2.05) is 7.05 Å². The Morgan fingerprint density at radius 3 is 2.75 bits per heavy atom. The number of nitrogens with zero attached hydrogens (tertiary/aromatic N) is 2. The molecule has 1 heterocycles. The largest absolute Gasteiger partial charge is 0.385 e. The number of carbonyl (C=O) groups excluding carboxylic acids is 1. The quantitative estimate of drug-likeness (QED) is 0.547. The average Bonchev–Trinajstić information content (AvgIpc) is 3.02. The molecule has 2 rings (SSSR count). The highest BCUT2D eigenvalue weighted by Crippen LogP contribution is 2.40. The molecule has 1 aliphatic carbocycles. The number of rotatable bonds is 7. The summed E-state index contributed by atoms with van der Waals surface area (Å²) in [6.45, 7) is 3.65. The van der Waals surface area contributed by atoms with Crippen molar-refractivity contribution < 1.29 is 9.53 Å². The van der Waals surface area contributed by atoms with Crippen LogP contribution in [0.3, 0.4) is 0 Å². The summed E-state index contributed by atoms with van der Waals surface area (Å²) in [6, 6.07) is 0. The van der Waals surface area contributed by atoms with Gasteiger partial charge in [0.2, 0.25) is 5.91 Å². The zero-order valence-electron chi connectivity index (χ0n) is 15.4. The fraction of sp³-hybridized carbons (Fsp3) is 0.889. The van der Waals surface area contributed by atoms with Gasteiger partial charge in [-0.2, -0.15) is 0 Å². The van der Waals surface area contributed by atoms with Gasteiger partial charge in [0.1, 0.15) is 0 Å². The molecular formula is C18H34N4O2. The van der Waals surface area contributed by atoms with Gasteiger partial charge in [-0.3, -0.25) is 9.79 Å². The van der Waals surface area contributed by atoms with Crippen molar-refractivity contribution in [2.45, 2.75) is 51.4 Å². The van der Waals surface area contributed by atoms with Crippen molar-refractivity contribution in [3.05, 3.63) is 0 Å². The standard InChI is InChI=1S/C18H34N4O2/c1-20-17(22-10-5-6-15(13-22)12-16(19)23)21-14-18(9-11-24-2)7-3-4-8-18/h15H,3-14H2,1-2H3,(H2,19,23)(H,20,21). The van der Waals surface area contributed by atoms with Crippen LogP contribution in [0.25, 0.3) is 0 Å². The minimum atomic E-state index is -0.200. The lowest BCUT2D eigenvalue weighted by Gasteiger charge is -2.37. The van der Waals surface area contributed by atoms with Crippen molar-refractivity contribution in [2.75, 3.05) is 40.4 Å². The van der Waals surface area contributed by atoms with Crippen molar-refractivity contribution >= 4 is 11.9 Å². The molecule has 0 radical (unpaired) electrons. The molecule has 1 saturated heterocycles. The maximum atomic E-state index is 11.2. The van der Waals surface area contributed by atoms with E-state index in [2.05, 4.69) is 15.2 Å². The van der Waals surface area contributed by atoms with Crippen molar-refractivity contribution in [2.24, 2.45) is 22.1 Å². The minimum absolute atomic E-state index is 0.200. The Labute approximate surface area is 146 Å². The second-order valence-corrected chi connectivity index (χ2v) is 7.48. The second-order valence-electron chi connectivity index (χ2n) is 7.48. The van der Waals surface area contributed by atoms with Crippen LogP contribution in [0.5, 0.6) is 0 Å². The highest BCUT2D eigenvalue weighted by atomic mass is 16.5. The molecule has 6 nitrogen and oxygen atoms in total. The summed E-state index contributed by atoms with van der Waals surface area (Å²) in [6.07, 6.45) is 8.92. The lowest BCUT2D eigenvalue weighted by Crippen LogP contribution is -2.49. The van der Waals surface area contributed by atoms with Crippen LogP contribution in [0, 0.1) is 11.3 Å². The fourth-order valence-electron chi connectivity index (χ4n) is 4.27. The summed E-state index contributed by atoms with van der Waals surface area (Å²) in [5.41, 5.74) is 5.71. The fourth-order valence-corrected chi connectivity index (χ4v) is 4.27. The van der Waals surface area contributed by atoms with Crippen molar-refractivity contribution in [1.82, 2.24) is 10.2 Å². The number of ether oxygens (including phenoxy) is 1. The Morgan fingerprint density at radius 1 is 1.38 bits per heavy atom. The van der Waals surface area contributed by atoms with E-state index >= 15 is 0 Å². The van der Waals surface area contributed by atoms with Crippen LogP contribution < -0.4 is 11.1 Å². The summed E-state index contributed by atoms with van der Waals surface area (Å²) < 4.78 is 5.32. The highest BCUT2D eigenvalue weighted by molar-refractivity contribution is 5.80. The number of piperidine rings is 1. The number of primary amides is 1. The first-order valence-corrected chi connectivity index (χ1v) is 9.31. The molecule has 1 atom stereocenters. The van der Waals surface area contributed by atoms with Gasteiger partial charge in [0.15, 0.2) is 5.96 Å². The predicted molar refractivity (Wildman–Crippen MR) is 96.9 cm³/mol. The van der Waals surface area contributed by atoms with Crippen molar-refractivity contribution in [3.63, 3.8) is 0 Å². The number of guanidine groups is 1. The maximum Gasteiger partial charge on any atom is 0.217 e. The molecule has 2 fully saturated rings. The van der Waals surface area contributed by atoms with Gasteiger partial charge >= 0.3 is 0 Å². The van der Waals surface area contributed by atoms with E-state index in [1.165, 1.54) is 25.7 Å².